The molecule has 0 heterocycles. The largest absolute Gasteiger partial charge is 0.497 e. The smallest absolute Gasteiger partial charge is 0.431 e. The zero-order chi connectivity index (χ0) is 16.0. The van der Waals surface area contributed by atoms with E-state index in [0.717, 1.165) is 0 Å². The van der Waals surface area contributed by atoms with Crippen LogP contribution < -0.4 is 10.1 Å². The molecule has 0 amide bonds. The highest BCUT2D eigenvalue weighted by Crippen LogP contribution is 2.27. The number of alkyl halides is 3. The number of carbonyl (C=O) groups excluding carboxylic acids is 1. The van der Waals surface area contributed by atoms with Crippen LogP contribution in [0.3, 0.4) is 0 Å². The van der Waals surface area contributed by atoms with E-state index >= 15 is 0 Å². The molecule has 0 aliphatic heterocycles. The first kappa shape index (κ1) is 16.9. The Bertz CT molecular complexity index is 507. The molecule has 0 radical (unpaired) electrons. The van der Waals surface area contributed by atoms with Crippen LogP contribution in [0.4, 0.5) is 18.9 Å². The molecule has 0 aromatic heterocycles. The number of carbonyl (C=O) groups is 1. The summed E-state index contributed by atoms with van der Waals surface area (Å²) in [6, 6.07) is 5.82. The molecule has 1 N–H and O–H groups in total. The van der Waals surface area contributed by atoms with Crippen molar-refractivity contribution in [1.82, 2.24) is 0 Å². The third-order valence-corrected chi connectivity index (χ3v) is 2.29. The Morgan fingerprint density at radius 2 is 1.81 bits per heavy atom. The van der Waals surface area contributed by atoms with Crippen LogP contribution in [-0.2, 0) is 9.53 Å². The van der Waals surface area contributed by atoms with Gasteiger partial charge in [-0.25, -0.2) is 4.79 Å². The van der Waals surface area contributed by atoms with Crippen LogP contribution >= 0.6 is 0 Å². The monoisotopic (exact) mass is 303 g/mol. The fraction of sp³-hybridized carbons (Fsp3) is 0.357. The van der Waals surface area contributed by atoms with E-state index in [4.69, 9.17) is 4.74 Å². The van der Waals surface area contributed by atoms with Gasteiger partial charge in [-0.3, -0.25) is 0 Å². The lowest BCUT2D eigenvalue weighted by atomic mass is 10.2. The summed E-state index contributed by atoms with van der Waals surface area (Å²) in [6.07, 6.45) is -4.80. The highest BCUT2D eigenvalue weighted by molar-refractivity contribution is 5.84. The van der Waals surface area contributed by atoms with Crippen molar-refractivity contribution in [2.75, 3.05) is 12.4 Å². The zero-order valence-electron chi connectivity index (χ0n) is 11.8. The summed E-state index contributed by atoms with van der Waals surface area (Å²) < 4.78 is 48.2. The molecule has 7 heteroatoms. The van der Waals surface area contributed by atoms with Crippen LogP contribution in [0, 0.1) is 0 Å². The van der Waals surface area contributed by atoms with E-state index < -0.39 is 23.9 Å². The second-order valence-electron chi connectivity index (χ2n) is 4.39. The lowest BCUT2D eigenvalue weighted by Crippen LogP contribution is -2.21. The Morgan fingerprint density at radius 1 is 1.24 bits per heavy atom. The summed E-state index contributed by atoms with van der Waals surface area (Å²) in [4.78, 5) is 11.3. The first-order valence-corrected chi connectivity index (χ1v) is 6.13. The van der Waals surface area contributed by atoms with Crippen LogP contribution in [0.1, 0.15) is 13.8 Å². The number of hydrogen-bond acceptors (Lipinski definition) is 4. The fourth-order valence-electron chi connectivity index (χ4n) is 1.40. The molecular formula is C14H16F3NO3. The first-order valence-electron chi connectivity index (χ1n) is 6.13. The van der Waals surface area contributed by atoms with E-state index in [9.17, 15) is 18.0 Å². The molecule has 0 aliphatic carbocycles. The van der Waals surface area contributed by atoms with Crippen molar-refractivity contribution in [2.45, 2.75) is 26.1 Å². The Labute approximate surface area is 120 Å². The average Bonchev–Trinajstić information content (AvgIpc) is 2.36. The van der Waals surface area contributed by atoms with Gasteiger partial charge in [-0.2, -0.15) is 13.2 Å². The zero-order valence-corrected chi connectivity index (χ0v) is 11.8. The lowest BCUT2D eigenvalue weighted by Gasteiger charge is -2.15. The summed E-state index contributed by atoms with van der Waals surface area (Å²) in [6.45, 7) is 3.10. The molecular weight excluding hydrogens is 287 g/mol. The van der Waals surface area contributed by atoms with Crippen LogP contribution in [-0.4, -0.2) is 25.4 Å². The van der Waals surface area contributed by atoms with E-state index in [1.807, 2.05) is 0 Å². The van der Waals surface area contributed by atoms with Gasteiger partial charge in [0.05, 0.1) is 19.3 Å². The molecule has 1 aromatic carbocycles. The van der Waals surface area contributed by atoms with Crippen LogP contribution in [0.15, 0.2) is 36.0 Å². The van der Waals surface area contributed by atoms with Gasteiger partial charge < -0.3 is 14.8 Å². The molecule has 0 fully saturated rings. The summed E-state index contributed by atoms with van der Waals surface area (Å²) >= 11 is 0. The van der Waals surface area contributed by atoms with E-state index in [-0.39, 0.29) is 5.69 Å². The van der Waals surface area contributed by atoms with Crippen molar-refractivity contribution in [3.8, 4) is 5.75 Å². The van der Waals surface area contributed by atoms with Crippen molar-refractivity contribution < 1.29 is 27.4 Å². The van der Waals surface area contributed by atoms with Crippen molar-refractivity contribution in [1.29, 1.82) is 0 Å². The van der Waals surface area contributed by atoms with Gasteiger partial charge in [0.15, 0.2) is 0 Å². The van der Waals surface area contributed by atoms with E-state index in [1.54, 1.807) is 13.8 Å². The minimum atomic E-state index is -4.70. The lowest BCUT2D eigenvalue weighted by molar-refractivity contribution is -0.142. The molecule has 0 aliphatic rings. The molecule has 0 unspecified atom stereocenters. The molecule has 4 nitrogen and oxygen atoms in total. The molecule has 0 saturated carbocycles. The molecule has 0 spiro atoms. The van der Waals surface area contributed by atoms with Gasteiger partial charge in [0.1, 0.15) is 11.4 Å². The maximum atomic E-state index is 12.9. The number of nitrogens with one attached hydrogen (secondary N) is 1. The normalized spacial score (nSPS) is 12.2. The Kier molecular flexibility index (Phi) is 5.63. The summed E-state index contributed by atoms with van der Waals surface area (Å²) in [7, 11) is 1.45. The van der Waals surface area contributed by atoms with Gasteiger partial charge in [0, 0.05) is 5.69 Å². The molecule has 0 bridgehead atoms. The van der Waals surface area contributed by atoms with Crippen LogP contribution in [0.2, 0.25) is 0 Å². The van der Waals surface area contributed by atoms with Gasteiger partial charge in [0.25, 0.3) is 0 Å². The number of ether oxygens (including phenoxy) is 2. The van der Waals surface area contributed by atoms with Gasteiger partial charge in [-0.1, -0.05) is 0 Å². The maximum absolute atomic E-state index is 12.9. The Morgan fingerprint density at radius 3 is 2.24 bits per heavy atom. The van der Waals surface area contributed by atoms with E-state index in [1.165, 1.54) is 31.4 Å². The van der Waals surface area contributed by atoms with Crippen LogP contribution in [0.25, 0.3) is 0 Å². The molecule has 21 heavy (non-hydrogen) atoms. The third-order valence-electron chi connectivity index (χ3n) is 2.29. The predicted octanol–water partition coefficient (Wildman–Crippen LogP) is 3.50. The van der Waals surface area contributed by atoms with E-state index in [0.29, 0.717) is 11.8 Å². The molecule has 1 aromatic rings. The quantitative estimate of drug-likeness (QED) is 0.668. The topological polar surface area (TPSA) is 47.6 Å². The van der Waals surface area contributed by atoms with Crippen molar-refractivity contribution >= 4 is 11.7 Å². The highest BCUT2D eigenvalue weighted by Gasteiger charge is 2.35. The average molecular weight is 303 g/mol. The SMILES string of the molecule is COc1ccc(N/C(=C/C(=O)OC(C)C)C(F)(F)F)cc1. The Hall–Kier alpha value is -2.18. The molecule has 0 atom stereocenters. The summed E-state index contributed by atoms with van der Waals surface area (Å²) in [5, 5.41) is 2.15. The standard InChI is InChI=1S/C14H16F3NO3/c1-9(2)21-13(19)8-12(14(15,16)17)18-10-4-6-11(20-3)7-5-10/h4-9,18H,1-3H3/b12-8+. The third kappa shape index (κ3) is 5.76. The predicted molar refractivity (Wildman–Crippen MR) is 72.0 cm³/mol. The van der Waals surface area contributed by atoms with Crippen LogP contribution in [0.5, 0.6) is 5.75 Å². The van der Waals surface area contributed by atoms with Gasteiger partial charge >= 0.3 is 12.1 Å². The maximum Gasteiger partial charge on any atom is 0.431 e. The number of anilines is 1. The second-order valence-corrected chi connectivity index (χ2v) is 4.39. The van der Waals surface area contributed by atoms with E-state index in [2.05, 4.69) is 10.1 Å². The summed E-state index contributed by atoms with van der Waals surface area (Å²) in [5.41, 5.74) is -1.02. The minimum Gasteiger partial charge on any atom is -0.497 e. The number of methoxy groups -OCH3 is 1. The fourth-order valence-corrected chi connectivity index (χ4v) is 1.40. The minimum absolute atomic E-state index is 0.178. The van der Waals surface area contributed by atoms with Crippen molar-refractivity contribution in [3.63, 3.8) is 0 Å². The number of esters is 1. The first-order chi connectivity index (χ1) is 9.72. The summed E-state index contributed by atoms with van der Waals surface area (Å²) in [5.74, 6) is -0.546. The van der Waals surface area contributed by atoms with Gasteiger partial charge in [-0.15, -0.1) is 0 Å². The van der Waals surface area contributed by atoms with Gasteiger partial charge in [0.2, 0.25) is 0 Å². The second kappa shape index (κ2) is 7.01. The number of hydrogen-bond donors (Lipinski definition) is 1. The van der Waals surface area contributed by atoms with Crippen molar-refractivity contribution in [2.24, 2.45) is 0 Å². The Balaban J connectivity index is 2.93. The molecule has 1 rings (SSSR count). The number of benzene rings is 1. The van der Waals surface area contributed by atoms with Crippen molar-refractivity contribution in [3.05, 3.63) is 36.0 Å². The number of allylic oxidation sites excluding steroid dienone is 1. The molecule has 0 saturated heterocycles. The number of halogens is 3. The molecule has 116 valence electrons. The number of rotatable bonds is 5. The highest BCUT2D eigenvalue weighted by atomic mass is 19.4. The van der Waals surface area contributed by atoms with Gasteiger partial charge in [-0.05, 0) is 38.1 Å².